The Balaban J connectivity index is 2.01. The van der Waals surface area contributed by atoms with Crippen LogP contribution in [0.15, 0.2) is 6.20 Å². The van der Waals surface area contributed by atoms with Crippen LogP contribution < -0.4 is 0 Å². The van der Waals surface area contributed by atoms with Gasteiger partial charge >= 0.3 is 5.97 Å². The fraction of sp³-hybridized carbons (Fsp3) is 0.692. The first-order valence-corrected chi connectivity index (χ1v) is 6.99. The van der Waals surface area contributed by atoms with E-state index in [-0.39, 0.29) is 12.3 Å². The number of carbonyl (C=O) groups is 2. The molecular formula is C13H20N4O3. The number of carboxylic acid groups (broad SMARTS) is 1. The van der Waals surface area contributed by atoms with Crippen LogP contribution in [0.2, 0.25) is 0 Å². The summed E-state index contributed by atoms with van der Waals surface area (Å²) in [6, 6.07) is -0.442. The van der Waals surface area contributed by atoms with Gasteiger partial charge in [0.05, 0.1) is 12.1 Å². The third-order valence-electron chi connectivity index (χ3n) is 3.56. The monoisotopic (exact) mass is 280 g/mol. The summed E-state index contributed by atoms with van der Waals surface area (Å²) in [7, 11) is 0. The number of carboxylic acids is 1. The lowest BCUT2D eigenvalue weighted by Crippen LogP contribution is -2.37. The van der Waals surface area contributed by atoms with Gasteiger partial charge in [0, 0.05) is 19.3 Å². The Bertz CT molecular complexity index is 478. The number of rotatable bonds is 4. The molecule has 1 fully saturated rings. The normalized spacial score (nSPS) is 17.6. The van der Waals surface area contributed by atoms with Crippen LogP contribution >= 0.6 is 0 Å². The molecule has 0 radical (unpaired) electrons. The first kappa shape index (κ1) is 14.5. The lowest BCUT2D eigenvalue weighted by Gasteiger charge is -2.23. The van der Waals surface area contributed by atoms with Gasteiger partial charge in [0.15, 0.2) is 0 Å². The predicted molar refractivity (Wildman–Crippen MR) is 71.1 cm³/mol. The number of hydrogen-bond donors (Lipinski definition) is 1. The Morgan fingerprint density at radius 1 is 1.30 bits per heavy atom. The van der Waals surface area contributed by atoms with E-state index in [1.54, 1.807) is 6.92 Å². The van der Waals surface area contributed by atoms with Crippen molar-refractivity contribution in [1.29, 1.82) is 0 Å². The van der Waals surface area contributed by atoms with Crippen molar-refractivity contribution in [3.05, 3.63) is 11.9 Å². The molecule has 0 saturated carbocycles. The third-order valence-corrected chi connectivity index (χ3v) is 3.56. The summed E-state index contributed by atoms with van der Waals surface area (Å²) in [6.07, 6.45) is 5.79. The molecule has 0 aromatic carbocycles. The molecule has 1 N–H and O–H groups in total. The Morgan fingerprint density at radius 3 is 2.55 bits per heavy atom. The highest BCUT2D eigenvalue weighted by Crippen LogP contribution is 2.15. The molecule has 1 saturated heterocycles. The van der Waals surface area contributed by atoms with Gasteiger partial charge in [0.1, 0.15) is 6.04 Å². The number of carbonyl (C=O) groups excluding carboxylic acids is 1. The first-order chi connectivity index (χ1) is 9.58. The summed E-state index contributed by atoms with van der Waals surface area (Å²) < 4.78 is 1.45. The van der Waals surface area contributed by atoms with Crippen molar-refractivity contribution in [2.75, 3.05) is 13.1 Å². The van der Waals surface area contributed by atoms with E-state index >= 15 is 0 Å². The number of aromatic nitrogens is 3. The maximum atomic E-state index is 12.4. The van der Waals surface area contributed by atoms with Gasteiger partial charge in [-0.05, 0) is 19.8 Å². The smallest absolute Gasteiger partial charge is 0.309 e. The minimum Gasteiger partial charge on any atom is -0.481 e. The molecule has 110 valence electrons. The van der Waals surface area contributed by atoms with Crippen molar-refractivity contribution in [3.8, 4) is 0 Å². The maximum absolute atomic E-state index is 12.4. The summed E-state index contributed by atoms with van der Waals surface area (Å²) >= 11 is 0. The van der Waals surface area contributed by atoms with Crippen LogP contribution in [0.3, 0.4) is 0 Å². The van der Waals surface area contributed by atoms with Crippen LogP contribution in [-0.2, 0) is 16.0 Å². The average molecular weight is 280 g/mol. The Labute approximate surface area is 117 Å². The van der Waals surface area contributed by atoms with Crippen LogP contribution in [0.25, 0.3) is 0 Å². The molecule has 2 rings (SSSR count). The van der Waals surface area contributed by atoms with Crippen molar-refractivity contribution in [2.24, 2.45) is 0 Å². The summed E-state index contributed by atoms with van der Waals surface area (Å²) in [5, 5.41) is 16.4. The van der Waals surface area contributed by atoms with Gasteiger partial charge < -0.3 is 10.0 Å². The summed E-state index contributed by atoms with van der Waals surface area (Å²) in [5.74, 6) is -0.928. The zero-order valence-corrected chi connectivity index (χ0v) is 11.7. The van der Waals surface area contributed by atoms with Gasteiger partial charge in [0.25, 0.3) is 0 Å². The molecule has 1 aliphatic rings. The van der Waals surface area contributed by atoms with Crippen LogP contribution in [0.5, 0.6) is 0 Å². The topological polar surface area (TPSA) is 88.3 Å². The van der Waals surface area contributed by atoms with Gasteiger partial charge in [-0.15, -0.1) is 5.10 Å². The van der Waals surface area contributed by atoms with E-state index in [1.165, 1.54) is 23.7 Å². The number of likely N-dealkylation sites (tertiary alicyclic amines) is 1. The van der Waals surface area contributed by atoms with E-state index < -0.39 is 12.0 Å². The van der Waals surface area contributed by atoms with Crippen molar-refractivity contribution in [3.63, 3.8) is 0 Å². The van der Waals surface area contributed by atoms with Gasteiger partial charge in [0.2, 0.25) is 5.91 Å². The highest BCUT2D eigenvalue weighted by Gasteiger charge is 2.23. The molecule has 0 bridgehead atoms. The van der Waals surface area contributed by atoms with Crippen LogP contribution in [0.1, 0.15) is 44.3 Å². The minimum absolute atomic E-state index is 0.0266. The average Bonchev–Trinajstić information content (AvgIpc) is 2.70. The van der Waals surface area contributed by atoms with E-state index in [9.17, 15) is 9.59 Å². The molecule has 7 heteroatoms. The molecule has 1 aliphatic heterocycles. The molecule has 0 spiro atoms. The quantitative estimate of drug-likeness (QED) is 0.884. The number of aliphatic carboxylic acids is 1. The third kappa shape index (κ3) is 3.55. The molecule has 1 aromatic heterocycles. The van der Waals surface area contributed by atoms with E-state index in [2.05, 4.69) is 10.3 Å². The Kier molecular flexibility index (Phi) is 4.70. The fourth-order valence-corrected chi connectivity index (χ4v) is 2.41. The largest absolute Gasteiger partial charge is 0.481 e. The van der Waals surface area contributed by atoms with Crippen LogP contribution in [0.4, 0.5) is 0 Å². The predicted octanol–water partition coefficient (Wildman–Crippen LogP) is 0.869. The molecule has 1 amide bonds. The molecule has 1 atom stereocenters. The minimum atomic E-state index is -0.955. The van der Waals surface area contributed by atoms with Crippen LogP contribution in [0, 0.1) is 0 Å². The second kappa shape index (κ2) is 6.49. The standard InChI is InChI=1S/C13H20N4O3/c1-10(13(20)16-6-4-2-3-5-7-16)17-9-11(14-15-17)8-12(18)19/h9-10H,2-8H2,1H3,(H,18,19). The first-order valence-electron chi connectivity index (χ1n) is 6.99. The number of hydrogen-bond acceptors (Lipinski definition) is 4. The molecule has 7 nitrogen and oxygen atoms in total. The van der Waals surface area contributed by atoms with E-state index in [1.807, 2.05) is 4.90 Å². The Morgan fingerprint density at radius 2 is 1.95 bits per heavy atom. The van der Waals surface area contributed by atoms with Crippen molar-refractivity contribution in [1.82, 2.24) is 19.9 Å². The summed E-state index contributed by atoms with van der Waals surface area (Å²) in [5.41, 5.74) is 0.369. The molecule has 0 aliphatic carbocycles. The van der Waals surface area contributed by atoms with E-state index in [4.69, 9.17) is 5.11 Å². The van der Waals surface area contributed by atoms with Gasteiger partial charge in [-0.25, -0.2) is 4.68 Å². The van der Waals surface area contributed by atoms with Gasteiger partial charge in [-0.3, -0.25) is 9.59 Å². The molecule has 1 unspecified atom stereocenters. The van der Waals surface area contributed by atoms with Crippen molar-refractivity contribution in [2.45, 2.75) is 45.1 Å². The maximum Gasteiger partial charge on any atom is 0.309 e. The molecule has 2 heterocycles. The zero-order chi connectivity index (χ0) is 14.5. The second-order valence-corrected chi connectivity index (χ2v) is 5.18. The second-order valence-electron chi connectivity index (χ2n) is 5.18. The zero-order valence-electron chi connectivity index (χ0n) is 11.7. The van der Waals surface area contributed by atoms with Crippen LogP contribution in [-0.4, -0.2) is 50.0 Å². The van der Waals surface area contributed by atoms with Gasteiger partial charge in [-0.2, -0.15) is 0 Å². The molecular weight excluding hydrogens is 260 g/mol. The highest BCUT2D eigenvalue weighted by molar-refractivity contribution is 5.80. The molecule has 20 heavy (non-hydrogen) atoms. The van der Waals surface area contributed by atoms with Gasteiger partial charge in [-0.1, -0.05) is 18.1 Å². The lowest BCUT2D eigenvalue weighted by molar-refractivity contribution is -0.136. The SMILES string of the molecule is CC(C(=O)N1CCCCCC1)n1cc(CC(=O)O)nn1. The lowest BCUT2D eigenvalue weighted by atomic mass is 10.2. The summed E-state index contributed by atoms with van der Waals surface area (Å²) in [6.45, 7) is 3.35. The van der Waals surface area contributed by atoms with E-state index in [0.29, 0.717) is 5.69 Å². The highest BCUT2D eigenvalue weighted by atomic mass is 16.4. The van der Waals surface area contributed by atoms with E-state index in [0.717, 1.165) is 25.9 Å². The molecule has 1 aromatic rings. The number of nitrogens with zero attached hydrogens (tertiary/aromatic N) is 4. The van der Waals surface area contributed by atoms with Crippen molar-refractivity contribution < 1.29 is 14.7 Å². The fourth-order valence-electron chi connectivity index (χ4n) is 2.41. The van der Waals surface area contributed by atoms with Crippen molar-refractivity contribution >= 4 is 11.9 Å². The summed E-state index contributed by atoms with van der Waals surface area (Å²) in [4.78, 5) is 24.9. The Hall–Kier alpha value is -1.92. The number of amides is 1.